The van der Waals surface area contributed by atoms with Crippen molar-refractivity contribution in [2.24, 2.45) is 0 Å². The average Bonchev–Trinajstić information content (AvgIpc) is 2.33. The molecular formula is C16H25BrO. The smallest absolute Gasteiger partial charge is 0.0792 e. The Morgan fingerprint density at radius 2 is 1.72 bits per heavy atom. The van der Waals surface area contributed by atoms with Gasteiger partial charge in [-0.05, 0) is 43.0 Å². The van der Waals surface area contributed by atoms with Crippen molar-refractivity contribution in [2.75, 3.05) is 0 Å². The van der Waals surface area contributed by atoms with E-state index in [1.807, 2.05) is 0 Å². The predicted molar refractivity (Wildman–Crippen MR) is 82.0 cm³/mol. The summed E-state index contributed by atoms with van der Waals surface area (Å²) in [4.78, 5) is 0. The summed E-state index contributed by atoms with van der Waals surface area (Å²) in [6.45, 7) is 6.36. The lowest BCUT2D eigenvalue weighted by atomic mass is 9.97. The fourth-order valence-electron chi connectivity index (χ4n) is 2.26. The van der Waals surface area contributed by atoms with Gasteiger partial charge in [-0.15, -0.1) is 0 Å². The van der Waals surface area contributed by atoms with Gasteiger partial charge in [0.1, 0.15) is 0 Å². The minimum absolute atomic E-state index is 0.307. The Labute approximate surface area is 120 Å². The molecule has 0 aliphatic carbocycles. The maximum absolute atomic E-state index is 10.3. The van der Waals surface area contributed by atoms with Crippen LogP contribution in [0.3, 0.4) is 0 Å². The number of aliphatic hydroxyl groups is 1. The topological polar surface area (TPSA) is 20.2 Å². The van der Waals surface area contributed by atoms with Crippen LogP contribution in [0.15, 0.2) is 16.6 Å². The van der Waals surface area contributed by atoms with Gasteiger partial charge in [-0.2, -0.15) is 0 Å². The van der Waals surface area contributed by atoms with Gasteiger partial charge in [0.15, 0.2) is 0 Å². The Hall–Kier alpha value is -0.340. The molecule has 1 N–H and O–H groups in total. The highest BCUT2D eigenvalue weighted by Crippen LogP contribution is 2.28. The third-order valence-electron chi connectivity index (χ3n) is 3.49. The summed E-state index contributed by atoms with van der Waals surface area (Å²) in [7, 11) is 0. The predicted octanol–water partition coefficient (Wildman–Crippen LogP) is 5.46. The normalized spacial score (nSPS) is 12.7. The molecule has 0 spiro atoms. The standard InChI is InChI=1S/C16H25BrO/c1-4-5-6-7-8-9-16(18)14-10-13(3)15(17)11-12(14)2/h10-11,16,18H,4-9H2,1-3H3. The highest BCUT2D eigenvalue weighted by molar-refractivity contribution is 9.10. The zero-order valence-electron chi connectivity index (χ0n) is 11.8. The second kappa shape index (κ2) is 7.96. The second-order valence-electron chi connectivity index (χ2n) is 5.18. The molecule has 1 nitrogen and oxygen atoms in total. The number of hydrogen-bond acceptors (Lipinski definition) is 1. The van der Waals surface area contributed by atoms with Crippen LogP contribution >= 0.6 is 15.9 Å². The summed E-state index contributed by atoms with van der Waals surface area (Å²) < 4.78 is 1.12. The molecule has 1 unspecified atom stereocenters. The average molecular weight is 313 g/mol. The van der Waals surface area contributed by atoms with Crippen LogP contribution in [0.25, 0.3) is 0 Å². The van der Waals surface area contributed by atoms with E-state index in [0.717, 1.165) is 22.9 Å². The van der Waals surface area contributed by atoms with E-state index in [4.69, 9.17) is 0 Å². The van der Waals surface area contributed by atoms with Crippen molar-refractivity contribution in [3.63, 3.8) is 0 Å². The summed E-state index contributed by atoms with van der Waals surface area (Å²) in [5, 5.41) is 10.3. The van der Waals surface area contributed by atoms with Gasteiger partial charge in [0.2, 0.25) is 0 Å². The number of aryl methyl sites for hydroxylation is 2. The molecule has 0 heterocycles. The van der Waals surface area contributed by atoms with Crippen LogP contribution in [0.1, 0.15) is 68.2 Å². The SMILES string of the molecule is CCCCCCCC(O)c1cc(C)c(Br)cc1C. The quantitative estimate of drug-likeness (QED) is 0.663. The Balaban J connectivity index is 2.51. The van der Waals surface area contributed by atoms with Gasteiger partial charge in [0.05, 0.1) is 6.10 Å². The van der Waals surface area contributed by atoms with Crippen molar-refractivity contribution in [3.8, 4) is 0 Å². The van der Waals surface area contributed by atoms with E-state index in [2.05, 4.69) is 48.8 Å². The maximum Gasteiger partial charge on any atom is 0.0792 e. The summed E-state index contributed by atoms with van der Waals surface area (Å²) in [6.07, 6.45) is 6.81. The monoisotopic (exact) mass is 312 g/mol. The number of unbranched alkanes of at least 4 members (excludes halogenated alkanes) is 4. The van der Waals surface area contributed by atoms with Crippen molar-refractivity contribution in [1.29, 1.82) is 0 Å². The minimum Gasteiger partial charge on any atom is -0.388 e. The summed E-state index contributed by atoms with van der Waals surface area (Å²) in [5.74, 6) is 0. The molecule has 0 amide bonds. The minimum atomic E-state index is -0.307. The number of hydrogen-bond donors (Lipinski definition) is 1. The van der Waals surface area contributed by atoms with Gasteiger partial charge in [0, 0.05) is 4.47 Å². The first kappa shape index (κ1) is 15.7. The molecule has 1 aromatic carbocycles. The number of rotatable bonds is 7. The lowest BCUT2D eigenvalue weighted by molar-refractivity contribution is 0.162. The second-order valence-corrected chi connectivity index (χ2v) is 6.03. The first-order chi connectivity index (χ1) is 8.56. The fraction of sp³-hybridized carbons (Fsp3) is 0.625. The van der Waals surface area contributed by atoms with Crippen LogP contribution in [0.4, 0.5) is 0 Å². The van der Waals surface area contributed by atoms with Crippen LogP contribution in [0, 0.1) is 13.8 Å². The number of benzene rings is 1. The van der Waals surface area contributed by atoms with Crippen LogP contribution < -0.4 is 0 Å². The van der Waals surface area contributed by atoms with Crippen molar-refractivity contribution >= 4 is 15.9 Å². The molecule has 0 saturated heterocycles. The van der Waals surface area contributed by atoms with Gasteiger partial charge in [-0.3, -0.25) is 0 Å². The van der Waals surface area contributed by atoms with E-state index in [-0.39, 0.29) is 6.10 Å². The third-order valence-corrected chi connectivity index (χ3v) is 4.34. The van der Waals surface area contributed by atoms with Gasteiger partial charge in [-0.1, -0.05) is 61.0 Å². The number of halogens is 1. The van der Waals surface area contributed by atoms with E-state index in [1.165, 1.54) is 36.8 Å². The van der Waals surface area contributed by atoms with E-state index in [9.17, 15) is 5.11 Å². The molecule has 0 saturated carbocycles. The molecule has 18 heavy (non-hydrogen) atoms. The van der Waals surface area contributed by atoms with Crippen molar-refractivity contribution in [1.82, 2.24) is 0 Å². The van der Waals surface area contributed by atoms with Gasteiger partial charge < -0.3 is 5.11 Å². The third kappa shape index (κ3) is 4.74. The molecule has 1 rings (SSSR count). The van der Waals surface area contributed by atoms with Gasteiger partial charge in [-0.25, -0.2) is 0 Å². The highest BCUT2D eigenvalue weighted by Gasteiger charge is 2.11. The zero-order valence-corrected chi connectivity index (χ0v) is 13.4. The summed E-state index contributed by atoms with van der Waals surface area (Å²) in [5.41, 5.74) is 3.46. The Bertz CT molecular complexity index is 374. The van der Waals surface area contributed by atoms with E-state index in [0.29, 0.717) is 0 Å². The van der Waals surface area contributed by atoms with Crippen molar-refractivity contribution in [3.05, 3.63) is 33.3 Å². The molecule has 0 aliphatic heterocycles. The lowest BCUT2D eigenvalue weighted by Crippen LogP contribution is -2.01. The van der Waals surface area contributed by atoms with Crippen LogP contribution in [0.5, 0.6) is 0 Å². The molecule has 0 aliphatic rings. The Morgan fingerprint density at radius 1 is 1.06 bits per heavy atom. The highest BCUT2D eigenvalue weighted by atomic mass is 79.9. The van der Waals surface area contributed by atoms with Crippen LogP contribution in [-0.4, -0.2) is 5.11 Å². The van der Waals surface area contributed by atoms with Gasteiger partial charge in [0.25, 0.3) is 0 Å². The molecule has 0 radical (unpaired) electrons. The van der Waals surface area contributed by atoms with E-state index < -0.39 is 0 Å². The maximum atomic E-state index is 10.3. The van der Waals surface area contributed by atoms with E-state index >= 15 is 0 Å². The number of aliphatic hydroxyl groups excluding tert-OH is 1. The lowest BCUT2D eigenvalue weighted by Gasteiger charge is -2.15. The van der Waals surface area contributed by atoms with Crippen molar-refractivity contribution < 1.29 is 5.11 Å². The summed E-state index contributed by atoms with van der Waals surface area (Å²) in [6, 6.07) is 4.21. The zero-order chi connectivity index (χ0) is 13.5. The molecule has 1 atom stereocenters. The summed E-state index contributed by atoms with van der Waals surface area (Å²) >= 11 is 3.53. The molecule has 0 aromatic heterocycles. The first-order valence-electron chi connectivity index (χ1n) is 7.01. The van der Waals surface area contributed by atoms with Crippen LogP contribution in [-0.2, 0) is 0 Å². The molecule has 1 aromatic rings. The Kier molecular flexibility index (Phi) is 6.95. The van der Waals surface area contributed by atoms with Crippen molar-refractivity contribution in [2.45, 2.75) is 65.4 Å². The molecule has 2 heteroatoms. The van der Waals surface area contributed by atoms with Gasteiger partial charge >= 0.3 is 0 Å². The van der Waals surface area contributed by atoms with E-state index in [1.54, 1.807) is 0 Å². The largest absolute Gasteiger partial charge is 0.388 e. The molecular weight excluding hydrogens is 288 g/mol. The first-order valence-corrected chi connectivity index (χ1v) is 7.80. The molecule has 0 fully saturated rings. The fourth-order valence-corrected chi connectivity index (χ4v) is 2.72. The molecule has 102 valence electrons. The van der Waals surface area contributed by atoms with Crippen LogP contribution in [0.2, 0.25) is 0 Å². The Morgan fingerprint density at radius 3 is 2.39 bits per heavy atom. The molecule has 0 bridgehead atoms.